The second-order valence-electron chi connectivity index (χ2n) is 6.39. The number of para-hydroxylation sites is 1. The van der Waals surface area contributed by atoms with E-state index in [1.54, 1.807) is 12.1 Å². The van der Waals surface area contributed by atoms with Crippen molar-refractivity contribution in [3.8, 4) is 5.75 Å². The van der Waals surface area contributed by atoms with Gasteiger partial charge in [-0.15, -0.1) is 0 Å². The Morgan fingerprint density at radius 1 is 1.12 bits per heavy atom. The molecule has 2 heterocycles. The number of ether oxygens (including phenoxy) is 2. The first-order valence-corrected chi connectivity index (χ1v) is 8.60. The molecule has 3 rings (SSSR count). The number of likely N-dealkylation sites (tertiary alicyclic amines) is 1. The molecule has 1 atom stereocenters. The van der Waals surface area contributed by atoms with Gasteiger partial charge in [0.05, 0.1) is 19.8 Å². The molecule has 0 N–H and O–H groups in total. The van der Waals surface area contributed by atoms with Crippen LogP contribution in [-0.2, 0) is 14.3 Å². The molecule has 0 aromatic heterocycles. The van der Waals surface area contributed by atoms with Crippen molar-refractivity contribution < 1.29 is 23.5 Å². The molecule has 2 aliphatic heterocycles. The van der Waals surface area contributed by atoms with Crippen molar-refractivity contribution in [1.82, 2.24) is 9.80 Å². The van der Waals surface area contributed by atoms with Crippen molar-refractivity contribution >= 4 is 11.8 Å². The van der Waals surface area contributed by atoms with Crippen LogP contribution >= 0.6 is 0 Å². The number of carbonyl (C=O) groups is 2. The van der Waals surface area contributed by atoms with E-state index >= 15 is 4.39 Å². The molecule has 0 spiro atoms. The highest BCUT2D eigenvalue weighted by Crippen LogP contribution is 2.28. The topological polar surface area (TPSA) is 59.1 Å². The van der Waals surface area contributed by atoms with Gasteiger partial charge in [-0.1, -0.05) is 18.2 Å². The minimum absolute atomic E-state index is 0.145. The third-order valence-corrected chi connectivity index (χ3v) is 4.58. The van der Waals surface area contributed by atoms with Crippen molar-refractivity contribution in [2.75, 3.05) is 46.0 Å². The van der Waals surface area contributed by atoms with Crippen molar-refractivity contribution in [3.63, 3.8) is 0 Å². The number of hydrogen-bond donors (Lipinski definition) is 0. The van der Waals surface area contributed by atoms with E-state index in [2.05, 4.69) is 0 Å². The van der Waals surface area contributed by atoms with E-state index in [0.29, 0.717) is 45.0 Å². The Balaban J connectivity index is 1.57. The first-order valence-electron chi connectivity index (χ1n) is 8.60. The van der Waals surface area contributed by atoms with Crippen LogP contribution in [0, 0.1) is 0 Å². The molecule has 2 saturated heterocycles. The molecule has 0 radical (unpaired) electrons. The van der Waals surface area contributed by atoms with Crippen LogP contribution < -0.4 is 4.74 Å². The third-order valence-electron chi connectivity index (χ3n) is 4.58. The molecule has 25 heavy (non-hydrogen) atoms. The number of rotatable bonds is 4. The zero-order chi connectivity index (χ0) is 17.7. The first kappa shape index (κ1) is 17.7. The van der Waals surface area contributed by atoms with Gasteiger partial charge in [0, 0.05) is 19.6 Å². The van der Waals surface area contributed by atoms with Gasteiger partial charge in [0.25, 0.3) is 11.8 Å². The Labute approximate surface area is 146 Å². The fourth-order valence-electron chi connectivity index (χ4n) is 3.20. The molecule has 0 saturated carbocycles. The number of morpholine rings is 1. The number of hydrogen-bond acceptors (Lipinski definition) is 4. The fourth-order valence-corrected chi connectivity index (χ4v) is 3.20. The lowest BCUT2D eigenvalue weighted by molar-refractivity contribution is -0.155. The van der Waals surface area contributed by atoms with Gasteiger partial charge in [-0.05, 0) is 25.0 Å². The standard InChI is InChI=1S/C18H23FN2O4/c19-18(17(23)20-9-11-24-12-10-20)7-4-8-21(14-18)16(22)13-25-15-5-2-1-3-6-15/h1-3,5-6H,4,7-14H2. The lowest BCUT2D eigenvalue weighted by Crippen LogP contribution is -2.58. The molecule has 1 unspecified atom stereocenters. The number of alkyl halides is 1. The van der Waals surface area contributed by atoms with Gasteiger partial charge in [-0.25, -0.2) is 4.39 Å². The minimum atomic E-state index is -2.02. The SMILES string of the molecule is O=C(COc1ccccc1)N1CCCC(F)(C(=O)N2CCOCC2)C1. The van der Waals surface area contributed by atoms with Gasteiger partial charge in [-0.2, -0.15) is 0 Å². The number of benzene rings is 1. The number of piperidine rings is 1. The molecule has 2 aliphatic rings. The third kappa shape index (κ3) is 4.28. The molecule has 0 bridgehead atoms. The summed E-state index contributed by atoms with van der Waals surface area (Å²) in [5.41, 5.74) is -2.02. The molecule has 6 nitrogen and oxygen atoms in total. The second kappa shape index (κ2) is 7.82. The van der Waals surface area contributed by atoms with Crippen LogP contribution in [0.1, 0.15) is 12.8 Å². The van der Waals surface area contributed by atoms with Gasteiger partial charge in [-0.3, -0.25) is 9.59 Å². The zero-order valence-corrected chi connectivity index (χ0v) is 14.2. The van der Waals surface area contributed by atoms with Crippen molar-refractivity contribution in [2.24, 2.45) is 0 Å². The van der Waals surface area contributed by atoms with E-state index in [0.717, 1.165) is 0 Å². The molecular formula is C18H23FN2O4. The second-order valence-corrected chi connectivity index (χ2v) is 6.39. The van der Waals surface area contributed by atoms with Crippen LogP contribution in [-0.4, -0.2) is 73.3 Å². The summed E-state index contributed by atoms with van der Waals surface area (Å²) in [6.45, 7) is 1.72. The molecule has 2 fully saturated rings. The molecule has 1 aromatic rings. The molecule has 1 aromatic carbocycles. The Morgan fingerprint density at radius 2 is 1.84 bits per heavy atom. The molecule has 7 heteroatoms. The van der Waals surface area contributed by atoms with Crippen LogP contribution in [0.15, 0.2) is 30.3 Å². The predicted octanol–water partition coefficient (Wildman–Crippen LogP) is 1.25. The molecule has 0 aliphatic carbocycles. The van der Waals surface area contributed by atoms with Crippen LogP contribution in [0.5, 0.6) is 5.75 Å². The highest BCUT2D eigenvalue weighted by Gasteiger charge is 2.46. The summed E-state index contributed by atoms with van der Waals surface area (Å²) in [7, 11) is 0. The van der Waals surface area contributed by atoms with Crippen molar-refractivity contribution in [2.45, 2.75) is 18.5 Å². The Hall–Kier alpha value is -2.15. The summed E-state index contributed by atoms with van der Waals surface area (Å²) in [4.78, 5) is 27.8. The van der Waals surface area contributed by atoms with Gasteiger partial charge in [0.15, 0.2) is 6.61 Å². The van der Waals surface area contributed by atoms with Gasteiger partial charge < -0.3 is 19.3 Å². The number of nitrogens with zero attached hydrogens (tertiary/aromatic N) is 2. The lowest BCUT2D eigenvalue weighted by atomic mass is 9.92. The minimum Gasteiger partial charge on any atom is -0.484 e. The number of carbonyl (C=O) groups excluding carboxylic acids is 2. The normalized spacial score (nSPS) is 24.0. The molecule has 2 amide bonds. The quantitative estimate of drug-likeness (QED) is 0.820. The Morgan fingerprint density at radius 3 is 2.56 bits per heavy atom. The maximum absolute atomic E-state index is 15.3. The van der Waals surface area contributed by atoms with E-state index in [-0.39, 0.29) is 25.5 Å². The van der Waals surface area contributed by atoms with Crippen LogP contribution in [0.4, 0.5) is 4.39 Å². The van der Waals surface area contributed by atoms with E-state index in [1.807, 2.05) is 18.2 Å². The number of amides is 2. The van der Waals surface area contributed by atoms with E-state index < -0.39 is 11.6 Å². The summed E-state index contributed by atoms with van der Waals surface area (Å²) in [6, 6.07) is 8.99. The van der Waals surface area contributed by atoms with Gasteiger partial charge in [0.2, 0.25) is 5.67 Å². The maximum atomic E-state index is 15.3. The van der Waals surface area contributed by atoms with E-state index in [1.165, 1.54) is 9.80 Å². The molecular weight excluding hydrogens is 327 g/mol. The summed E-state index contributed by atoms with van der Waals surface area (Å²) >= 11 is 0. The summed E-state index contributed by atoms with van der Waals surface area (Å²) < 4.78 is 25.9. The highest BCUT2D eigenvalue weighted by atomic mass is 19.1. The van der Waals surface area contributed by atoms with E-state index in [4.69, 9.17) is 9.47 Å². The smallest absolute Gasteiger partial charge is 0.262 e. The van der Waals surface area contributed by atoms with Gasteiger partial charge in [0.1, 0.15) is 5.75 Å². The molecule has 136 valence electrons. The largest absolute Gasteiger partial charge is 0.484 e. The van der Waals surface area contributed by atoms with Crippen molar-refractivity contribution in [1.29, 1.82) is 0 Å². The Bertz CT molecular complexity index is 606. The summed E-state index contributed by atoms with van der Waals surface area (Å²) in [5.74, 6) is -0.249. The lowest BCUT2D eigenvalue weighted by Gasteiger charge is -2.39. The highest BCUT2D eigenvalue weighted by molar-refractivity contribution is 5.87. The summed E-state index contributed by atoms with van der Waals surface area (Å²) in [5, 5.41) is 0. The predicted molar refractivity (Wildman–Crippen MR) is 89.0 cm³/mol. The zero-order valence-electron chi connectivity index (χ0n) is 14.2. The van der Waals surface area contributed by atoms with Crippen LogP contribution in [0.25, 0.3) is 0 Å². The average molecular weight is 350 g/mol. The first-order chi connectivity index (χ1) is 12.1. The fraction of sp³-hybridized carbons (Fsp3) is 0.556. The summed E-state index contributed by atoms with van der Waals surface area (Å²) in [6.07, 6.45) is 0.607. The van der Waals surface area contributed by atoms with E-state index in [9.17, 15) is 9.59 Å². The van der Waals surface area contributed by atoms with Gasteiger partial charge >= 0.3 is 0 Å². The maximum Gasteiger partial charge on any atom is 0.262 e. The van der Waals surface area contributed by atoms with Crippen molar-refractivity contribution in [3.05, 3.63) is 30.3 Å². The van der Waals surface area contributed by atoms with Crippen LogP contribution in [0.2, 0.25) is 0 Å². The van der Waals surface area contributed by atoms with Crippen LogP contribution in [0.3, 0.4) is 0 Å². The average Bonchev–Trinajstić information content (AvgIpc) is 2.67. The number of halogens is 1. The Kier molecular flexibility index (Phi) is 5.53. The monoisotopic (exact) mass is 350 g/mol.